The molecule has 4 rings (SSSR count). The highest BCUT2D eigenvalue weighted by atomic mass is 19.4. The van der Waals surface area contributed by atoms with Gasteiger partial charge in [0.1, 0.15) is 0 Å². The lowest BCUT2D eigenvalue weighted by Gasteiger charge is -2.31. The number of hydrogen-bond donors (Lipinski definition) is 1. The third-order valence-electron chi connectivity index (χ3n) is 5.04. The third kappa shape index (κ3) is 4.38. The topological polar surface area (TPSA) is 72.3 Å². The molecule has 0 radical (unpaired) electrons. The zero-order valence-electron chi connectivity index (χ0n) is 16.7. The zero-order chi connectivity index (χ0) is 22.0. The van der Waals surface area contributed by atoms with Crippen molar-refractivity contribution in [3.63, 3.8) is 0 Å². The first-order chi connectivity index (χ1) is 14.8. The number of halogens is 3. The molecule has 10 heteroatoms. The van der Waals surface area contributed by atoms with Crippen molar-refractivity contribution in [2.24, 2.45) is 0 Å². The van der Waals surface area contributed by atoms with Gasteiger partial charge in [0.15, 0.2) is 5.82 Å². The van der Waals surface area contributed by atoms with Gasteiger partial charge in [-0.3, -0.25) is 4.79 Å². The van der Waals surface area contributed by atoms with Gasteiger partial charge in [-0.25, -0.2) is 9.67 Å². The number of alkyl halides is 3. The smallest absolute Gasteiger partial charge is 0.378 e. The number of carbonyl (C=O) groups excluding carboxylic acids is 1. The number of rotatable bonds is 4. The van der Waals surface area contributed by atoms with E-state index in [1.807, 2.05) is 4.90 Å². The van der Waals surface area contributed by atoms with Gasteiger partial charge >= 0.3 is 6.18 Å². The van der Waals surface area contributed by atoms with E-state index in [9.17, 15) is 18.0 Å². The fourth-order valence-electron chi connectivity index (χ4n) is 3.42. The minimum Gasteiger partial charge on any atom is -0.378 e. The van der Waals surface area contributed by atoms with Crippen LogP contribution in [0, 0.1) is 6.92 Å². The average molecular weight is 431 g/mol. The van der Waals surface area contributed by atoms with Crippen LogP contribution >= 0.6 is 0 Å². The van der Waals surface area contributed by atoms with Gasteiger partial charge in [0.05, 0.1) is 47.6 Å². The summed E-state index contributed by atoms with van der Waals surface area (Å²) >= 11 is 0. The third-order valence-corrected chi connectivity index (χ3v) is 5.04. The first-order valence-electron chi connectivity index (χ1n) is 9.66. The lowest BCUT2D eigenvalue weighted by atomic mass is 10.1. The number of anilines is 2. The molecule has 0 saturated carbocycles. The minimum absolute atomic E-state index is 0.0895. The van der Waals surface area contributed by atoms with Gasteiger partial charge in [0.25, 0.3) is 5.91 Å². The van der Waals surface area contributed by atoms with Crippen molar-refractivity contribution in [3.05, 3.63) is 65.6 Å². The minimum atomic E-state index is -4.53. The standard InChI is InChI=1S/C21H20F3N5O2/c1-14-16(13-26-29(14)19-4-2-3-7-25-19)20(30)27-17-12-15(21(22,23)24)5-6-18(17)28-8-10-31-11-9-28/h2-7,12-13H,8-11H2,1H3,(H,27,30). The highest BCUT2D eigenvalue weighted by Crippen LogP contribution is 2.36. The summed E-state index contributed by atoms with van der Waals surface area (Å²) in [6, 6.07) is 8.65. The molecule has 1 saturated heterocycles. The van der Waals surface area contributed by atoms with E-state index in [0.29, 0.717) is 43.5 Å². The van der Waals surface area contributed by atoms with Gasteiger partial charge in [-0.15, -0.1) is 0 Å². The second-order valence-electron chi connectivity index (χ2n) is 7.03. The fourth-order valence-corrected chi connectivity index (χ4v) is 3.42. The molecular weight excluding hydrogens is 411 g/mol. The van der Waals surface area contributed by atoms with Crippen molar-refractivity contribution in [1.82, 2.24) is 14.8 Å². The zero-order valence-corrected chi connectivity index (χ0v) is 16.7. The number of hydrogen-bond acceptors (Lipinski definition) is 5. The first-order valence-corrected chi connectivity index (χ1v) is 9.66. The van der Waals surface area contributed by atoms with E-state index in [2.05, 4.69) is 15.4 Å². The van der Waals surface area contributed by atoms with Crippen LogP contribution < -0.4 is 10.2 Å². The number of ether oxygens (including phenoxy) is 1. The number of pyridine rings is 1. The predicted octanol–water partition coefficient (Wildman–Crippen LogP) is 3.68. The molecule has 7 nitrogen and oxygen atoms in total. The Morgan fingerprint density at radius 1 is 1.16 bits per heavy atom. The summed E-state index contributed by atoms with van der Waals surface area (Å²) in [5.74, 6) is -0.0133. The fraction of sp³-hybridized carbons (Fsp3) is 0.286. The molecule has 1 aliphatic heterocycles. The second kappa shape index (κ2) is 8.38. The van der Waals surface area contributed by atoms with Crippen LogP contribution in [-0.4, -0.2) is 47.0 Å². The lowest BCUT2D eigenvalue weighted by molar-refractivity contribution is -0.137. The first kappa shape index (κ1) is 20.9. The van der Waals surface area contributed by atoms with Gasteiger partial charge in [-0.1, -0.05) is 6.07 Å². The molecule has 0 unspecified atom stereocenters. The highest BCUT2D eigenvalue weighted by Gasteiger charge is 2.32. The van der Waals surface area contributed by atoms with Gasteiger partial charge in [-0.2, -0.15) is 18.3 Å². The van der Waals surface area contributed by atoms with E-state index in [4.69, 9.17) is 4.74 Å². The molecule has 0 bridgehead atoms. The maximum Gasteiger partial charge on any atom is 0.416 e. The van der Waals surface area contributed by atoms with E-state index in [1.165, 1.54) is 16.9 Å². The van der Waals surface area contributed by atoms with Crippen LogP contribution in [0.3, 0.4) is 0 Å². The van der Waals surface area contributed by atoms with Crippen molar-refractivity contribution >= 4 is 17.3 Å². The summed E-state index contributed by atoms with van der Waals surface area (Å²) < 4.78 is 46.7. The van der Waals surface area contributed by atoms with Crippen LogP contribution in [0.2, 0.25) is 0 Å². The van der Waals surface area contributed by atoms with E-state index in [0.717, 1.165) is 12.1 Å². The number of amides is 1. The van der Waals surface area contributed by atoms with Gasteiger partial charge in [0.2, 0.25) is 0 Å². The molecule has 0 aliphatic carbocycles. The molecule has 0 spiro atoms. The van der Waals surface area contributed by atoms with Gasteiger partial charge in [-0.05, 0) is 37.3 Å². The average Bonchev–Trinajstić information content (AvgIpc) is 3.16. The van der Waals surface area contributed by atoms with E-state index < -0.39 is 17.6 Å². The van der Waals surface area contributed by atoms with Crippen LogP contribution in [-0.2, 0) is 10.9 Å². The molecule has 1 aliphatic rings. The Morgan fingerprint density at radius 3 is 2.61 bits per heavy atom. The van der Waals surface area contributed by atoms with Crippen LogP contribution in [0.25, 0.3) is 5.82 Å². The molecule has 1 aromatic carbocycles. The molecule has 162 valence electrons. The summed E-state index contributed by atoms with van der Waals surface area (Å²) in [6.07, 6.45) is -1.54. The molecule has 2 aromatic heterocycles. The molecule has 3 aromatic rings. The van der Waals surface area contributed by atoms with Gasteiger partial charge < -0.3 is 15.0 Å². The van der Waals surface area contributed by atoms with Crippen molar-refractivity contribution in [1.29, 1.82) is 0 Å². The van der Waals surface area contributed by atoms with Crippen LogP contribution in [0.1, 0.15) is 21.6 Å². The molecular formula is C21H20F3N5O2. The number of benzene rings is 1. The Kier molecular flexibility index (Phi) is 5.64. The Labute approximate surface area is 176 Å². The molecule has 3 heterocycles. The van der Waals surface area contributed by atoms with Crippen molar-refractivity contribution in [3.8, 4) is 5.82 Å². The summed E-state index contributed by atoms with van der Waals surface area (Å²) in [6.45, 7) is 3.66. The van der Waals surface area contributed by atoms with E-state index in [1.54, 1.807) is 31.3 Å². The van der Waals surface area contributed by atoms with Crippen LogP contribution in [0.4, 0.5) is 24.5 Å². The Hall–Kier alpha value is -3.40. The normalized spacial score (nSPS) is 14.5. The number of aromatic nitrogens is 3. The summed E-state index contributed by atoms with van der Waals surface area (Å²) in [4.78, 5) is 19.1. The summed E-state index contributed by atoms with van der Waals surface area (Å²) in [5.41, 5.74) is 0.541. The molecule has 1 amide bonds. The van der Waals surface area contributed by atoms with Crippen LogP contribution in [0.5, 0.6) is 0 Å². The van der Waals surface area contributed by atoms with Crippen molar-refractivity contribution < 1.29 is 22.7 Å². The number of carbonyl (C=O) groups is 1. The largest absolute Gasteiger partial charge is 0.416 e. The van der Waals surface area contributed by atoms with E-state index >= 15 is 0 Å². The Morgan fingerprint density at radius 2 is 1.94 bits per heavy atom. The molecule has 1 fully saturated rings. The highest BCUT2D eigenvalue weighted by molar-refractivity contribution is 6.06. The molecule has 1 N–H and O–H groups in total. The van der Waals surface area contributed by atoms with Crippen LogP contribution in [0.15, 0.2) is 48.8 Å². The quantitative estimate of drug-likeness (QED) is 0.682. The van der Waals surface area contributed by atoms with Crippen molar-refractivity contribution in [2.45, 2.75) is 13.1 Å². The maximum atomic E-state index is 13.3. The summed E-state index contributed by atoms with van der Waals surface area (Å²) in [5, 5.41) is 6.85. The Balaban J connectivity index is 1.66. The van der Waals surface area contributed by atoms with E-state index in [-0.39, 0.29) is 11.3 Å². The Bertz CT molecular complexity index is 1080. The van der Waals surface area contributed by atoms with Crippen molar-refractivity contribution in [2.75, 3.05) is 36.5 Å². The summed E-state index contributed by atoms with van der Waals surface area (Å²) in [7, 11) is 0. The second-order valence-corrected chi connectivity index (χ2v) is 7.03. The number of morpholine rings is 1. The number of nitrogens with one attached hydrogen (secondary N) is 1. The number of nitrogens with zero attached hydrogens (tertiary/aromatic N) is 4. The lowest BCUT2D eigenvalue weighted by Crippen LogP contribution is -2.36. The molecule has 31 heavy (non-hydrogen) atoms. The van der Waals surface area contributed by atoms with Gasteiger partial charge in [0, 0.05) is 19.3 Å². The molecule has 0 atom stereocenters. The predicted molar refractivity (Wildman–Crippen MR) is 109 cm³/mol. The monoisotopic (exact) mass is 431 g/mol. The SMILES string of the molecule is Cc1c(C(=O)Nc2cc(C(F)(F)F)ccc2N2CCOCC2)cnn1-c1ccccn1. The maximum absolute atomic E-state index is 13.3.